The third-order valence-corrected chi connectivity index (χ3v) is 4.42. The average Bonchev–Trinajstić information content (AvgIpc) is 2.88. The fourth-order valence-electron chi connectivity index (χ4n) is 1.71. The number of hydrogen-bond donors (Lipinski definition) is 1. The minimum atomic E-state index is -0.598. The summed E-state index contributed by atoms with van der Waals surface area (Å²) >= 11 is 4.45. The van der Waals surface area contributed by atoms with Crippen LogP contribution in [0.2, 0.25) is 0 Å². The molecule has 2 rings (SSSR count). The highest BCUT2D eigenvalue weighted by atomic mass is 79.9. The first kappa shape index (κ1) is 14.4. The second kappa shape index (κ2) is 5.98. The van der Waals surface area contributed by atoms with Gasteiger partial charge in [-0.05, 0) is 40.5 Å². The summed E-state index contributed by atoms with van der Waals surface area (Å²) < 4.78 is 32.8. The van der Waals surface area contributed by atoms with Crippen LogP contribution >= 0.6 is 27.3 Å². The van der Waals surface area contributed by atoms with Crippen molar-refractivity contribution in [2.24, 2.45) is 5.73 Å². The van der Waals surface area contributed by atoms with Crippen LogP contribution in [0.15, 0.2) is 28.1 Å². The summed E-state index contributed by atoms with van der Waals surface area (Å²) in [6, 6.07) is 3.88. The highest BCUT2D eigenvalue weighted by molar-refractivity contribution is 9.10. The standard InChI is InChI=1S/C13H12BrF2NOS/c1-18-7-4-12(19-6-7)11(17)5-8-10(15)3-2-9(14)13(8)16/h2-4,6,11H,5,17H2,1H3. The Hall–Kier alpha value is -0.980. The van der Waals surface area contributed by atoms with Crippen molar-refractivity contribution in [1.29, 1.82) is 0 Å². The Morgan fingerprint density at radius 1 is 1.42 bits per heavy atom. The molecule has 0 aliphatic heterocycles. The fraction of sp³-hybridized carbons (Fsp3) is 0.231. The van der Waals surface area contributed by atoms with E-state index in [9.17, 15) is 8.78 Å². The van der Waals surface area contributed by atoms with Gasteiger partial charge in [0.1, 0.15) is 17.4 Å². The molecule has 2 N–H and O–H groups in total. The molecule has 0 amide bonds. The topological polar surface area (TPSA) is 35.2 Å². The summed E-state index contributed by atoms with van der Waals surface area (Å²) in [5, 5.41) is 1.81. The van der Waals surface area contributed by atoms with Gasteiger partial charge >= 0.3 is 0 Å². The van der Waals surface area contributed by atoms with Crippen molar-refractivity contribution >= 4 is 27.3 Å². The zero-order valence-corrected chi connectivity index (χ0v) is 12.5. The van der Waals surface area contributed by atoms with Gasteiger partial charge in [0.2, 0.25) is 0 Å². The SMILES string of the molecule is COc1csc(C(N)Cc2c(F)ccc(Br)c2F)c1. The number of hydrogen-bond acceptors (Lipinski definition) is 3. The molecule has 2 nitrogen and oxygen atoms in total. The number of methoxy groups -OCH3 is 1. The molecule has 0 aliphatic carbocycles. The summed E-state index contributed by atoms with van der Waals surface area (Å²) in [6.07, 6.45) is 0.0980. The average molecular weight is 348 g/mol. The van der Waals surface area contributed by atoms with Crippen LogP contribution in [-0.4, -0.2) is 7.11 Å². The Morgan fingerprint density at radius 3 is 2.79 bits per heavy atom. The van der Waals surface area contributed by atoms with Crippen LogP contribution in [0.3, 0.4) is 0 Å². The van der Waals surface area contributed by atoms with Crippen LogP contribution in [0.1, 0.15) is 16.5 Å². The van der Waals surface area contributed by atoms with Crippen LogP contribution < -0.4 is 10.5 Å². The molecule has 19 heavy (non-hydrogen) atoms. The van der Waals surface area contributed by atoms with Crippen molar-refractivity contribution < 1.29 is 13.5 Å². The lowest BCUT2D eigenvalue weighted by Gasteiger charge is -2.12. The van der Waals surface area contributed by atoms with Gasteiger partial charge in [-0.3, -0.25) is 0 Å². The maximum atomic E-state index is 13.8. The van der Waals surface area contributed by atoms with Gasteiger partial charge in [0.25, 0.3) is 0 Å². The molecular formula is C13H12BrF2NOS. The molecule has 0 radical (unpaired) electrons. The Balaban J connectivity index is 2.23. The Bertz CT molecular complexity index is 588. The highest BCUT2D eigenvalue weighted by Gasteiger charge is 2.18. The van der Waals surface area contributed by atoms with E-state index in [1.807, 2.05) is 5.38 Å². The Kier molecular flexibility index (Phi) is 4.54. The monoisotopic (exact) mass is 347 g/mol. The maximum Gasteiger partial charge on any atom is 0.143 e. The first-order valence-corrected chi connectivity index (χ1v) is 7.20. The molecule has 1 heterocycles. The summed E-state index contributed by atoms with van der Waals surface area (Å²) in [7, 11) is 1.56. The first-order chi connectivity index (χ1) is 9.02. The Morgan fingerprint density at radius 2 is 2.16 bits per heavy atom. The molecule has 1 aromatic carbocycles. The van der Waals surface area contributed by atoms with Crippen LogP contribution in [0, 0.1) is 11.6 Å². The van der Waals surface area contributed by atoms with E-state index in [2.05, 4.69) is 15.9 Å². The lowest BCUT2D eigenvalue weighted by Crippen LogP contribution is -2.14. The number of halogens is 3. The minimum absolute atomic E-state index is 0.00533. The molecule has 0 saturated carbocycles. The van der Waals surface area contributed by atoms with Gasteiger partial charge in [0, 0.05) is 21.9 Å². The first-order valence-electron chi connectivity index (χ1n) is 5.53. The molecule has 0 saturated heterocycles. The van der Waals surface area contributed by atoms with Crippen molar-refractivity contribution in [2.45, 2.75) is 12.5 Å². The minimum Gasteiger partial charge on any atom is -0.496 e. The number of thiophene rings is 1. The Labute approximate surface area is 122 Å². The van der Waals surface area contributed by atoms with E-state index in [0.717, 1.165) is 4.88 Å². The maximum absolute atomic E-state index is 13.8. The molecule has 1 aromatic heterocycles. The van der Waals surface area contributed by atoms with E-state index < -0.39 is 17.7 Å². The quantitative estimate of drug-likeness (QED) is 0.847. The van der Waals surface area contributed by atoms with E-state index >= 15 is 0 Å². The summed E-state index contributed by atoms with van der Waals surface area (Å²) in [4.78, 5) is 0.829. The molecule has 102 valence electrons. The molecule has 0 aliphatic rings. The van der Waals surface area contributed by atoms with Crippen molar-refractivity contribution in [3.8, 4) is 5.75 Å². The van der Waals surface area contributed by atoms with Gasteiger partial charge in [0.15, 0.2) is 0 Å². The third-order valence-electron chi connectivity index (χ3n) is 2.76. The zero-order chi connectivity index (χ0) is 14.0. The number of rotatable bonds is 4. The molecule has 2 aromatic rings. The van der Waals surface area contributed by atoms with Crippen molar-refractivity contribution in [3.05, 3.63) is 50.1 Å². The lowest BCUT2D eigenvalue weighted by atomic mass is 10.0. The largest absolute Gasteiger partial charge is 0.496 e. The lowest BCUT2D eigenvalue weighted by molar-refractivity contribution is 0.416. The van der Waals surface area contributed by atoms with Gasteiger partial charge < -0.3 is 10.5 Å². The molecule has 6 heteroatoms. The fourth-order valence-corrected chi connectivity index (χ4v) is 2.94. The van der Waals surface area contributed by atoms with Crippen molar-refractivity contribution in [1.82, 2.24) is 0 Å². The number of nitrogens with two attached hydrogens (primary N) is 1. The molecule has 1 atom stereocenters. The summed E-state index contributed by atoms with van der Waals surface area (Å²) in [5.74, 6) is -0.482. The van der Waals surface area contributed by atoms with E-state index in [0.29, 0.717) is 5.75 Å². The second-order valence-corrected chi connectivity index (χ2v) is 5.82. The predicted molar refractivity (Wildman–Crippen MR) is 75.6 cm³/mol. The van der Waals surface area contributed by atoms with Gasteiger partial charge in [0.05, 0.1) is 11.6 Å². The predicted octanol–water partition coefficient (Wildman–Crippen LogP) is 4.04. The number of ether oxygens (including phenoxy) is 1. The van der Waals surface area contributed by atoms with Crippen LogP contribution in [0.4, 0.5) is 8.78 Å². The van der Waals surface area contributed by atoms with E-state index in [4.69, 9.17) is 10.5 Å². The van der Waals surface area contributed by atoms with E-state index in [-0.39, 0.29) is 16.5 Å². The van der Waals surface area contributed by atoms with E-state index in [1.165, 1.54) is 23.5 Å². The van der Waals surface area contributed by atoms with Gasteiger partial charge in [-0.1, -0.05) is 0 Å². The van der Waals surface area contributed by atoms with Crippen molar-refractivity contribution in [3.63, 3.8) is 0 Å². The number of benzene rings is 1. The molecule has 0 spiro atoms. The summed E-state index contributed by atoms with van der Waals surface area (Å²) in [6.45, 7) is 0. The van der Waals surface area contributed by atoms with Gasteiger partial charge in [-0.25, -0.2) is 8.78 Å². The van der Waals surface area contributed by atoms with Gasteiger partial charge in [-0.2, -0.15) is 0 Å². The molecule has 0 fully saturated rings. The van der Waals surface area contributed by atoms with Crippen LogP contribution in [-0.2, 0) is 6.42 Å². The van der Waals surface area contributed by atoms with Crippen molar-refractivity contribution in [2.75, 3.05) is 7.11 Å². The van der Waals surface area contributed by atoms with Gasteiger partial charge in [-0.15, -0.1) is 11.3 Å². The molecular weight excluding hydrogens is 336 g/mol. The zero-order valence-electron chi connectivity index (χ0n) is 10.1. The van der Waals surface area contributed by atoms with Crippen LogP contribution in [0.5, 0.6) is 5.75 Å². The second-order valence-electron chi connectivity index (χ2n) is 4.02. The smallest absolute Gasteiger partial charge is 0.143 e. The van der Waals surface area contributed by atoms with E-state index in [1.54, 1.807) is 13.2 Å². The summed E-state index contributed by atoms with van der Waals surface area (Å²) in [5.41, 5.74) is 5.98. The highest BCUT2D eigenvalue weighted by Crippen LogP contribution is 2.30. The molecule has 0 bridgehead atoms. The molecule has 1 unspecified atom stereocenters. The third kappa shape index (κ3) is 3.13. The van der Waals surface area contributed by atoms with Crippen LogP contribution in [0.25, 0.3) is 0 Å². The normalized spacial score (nSPS) is 12.5.